The molecule has 1 N–H and O–H groups in total. The number of hydrogen-bond donors (Lipinski definition) is 1. The van der Waals surface area contributed by atoms with Gasteiger partial charge in [-0.05, 0) is 38.0 Å². The molecule has 1 aromatic carbocycles. The lowest BCUT2D eigenvalue weighted by Gasteiger charge is -2.25. The number of ether oxygens (including phenoxy) is 1. The number of benzene rings is 1. The fourth-order valence-corrected chi connectivity index (χ4v) is 2.45. The van der Waals surface area contributed by atoms with E-state index in [1.54, 1.807) is 24.8 Å². The largest absolute Gasteiger partial charge is 0.481 e. The highest BCUT2D eigenvalue weighted by Gasteiger charge is 2.29. The van der Waals surface area contributed by atoms with Crippen LogP contribution in [-0.4, -0.2) is 48.2 Å². The molecule has 0 unspecified atom stereocenters. The van der Waals surface area contributed by atoms with E-state index in [1.165, 1.54) is 6.08 Å². The maximum atomic E-state index is 12.1. The third-order valence-corrected chi connectivity index (χ3v) is 4.10. The van der Waals surface area contributed by atoms with Crippen LogP contribution in [0.4, 0.5) is 0 Å². The van der Waals surface area contributed by atoms with E-state index in [9.17, 15) is 14.7 Å². The van der Waals surface area contributed by atoms with Crippen LogP contribution in [0.2, 0.25) is 0 Å². The van der Waals surface area contributed by atoms with Gasteiger partial charge >= 0.3 is 5.97 Å². The average Bonchev–Trinajstić information content (AvgIpc) is 2.52. The predicted molar refractivity (Wildman–Crippen MR) is 88.3 cm³/mol. The topological polar surface area (TPSA) is 66.8 Å². The summed E-state index contributed by atoms with van der Waals surface area (Å²) in [6.07, 6.45) is 3.28. The highest BCUT2D eigenvalue weighted by Crippen LogP contribution is 2.26. The molecule has 0 bridgehead atoms. The van der Waals surface area contributed by atoms with Crippen molar-refractivity contribution in [3.63, 3.8) is 0 Å². The molecule has 1 aromatic rings. The summed E-state index contributed by atoms with van der Waals surface area (Å²) in [5.74, 6) is -0.920. The molecule has 5 heteroatoms. The Morgan fingerprint density at radius 1 is 1.22 bits per heavy atom. The second kappa shape index (κ2) is 6.96. The van der Waals surface area contributed by atoms with Crippen molar-refractivity contribution in [1.29, 1.82) is 0 Å². The minimum Gasteiger partial charge on any atom is -0.481 e. The number of amides is 1. The number of hydrogen-bond acceptors (Lipinski definition) is 3. The molecule has 23 heavy (non-hydrogen) atoms. The van der Waals surface area contributed by atoms with E-state index < -0.39 is 11.4 Å². The molecule has 1 heterocycles. The third-order valence-electron chi connectivity index (χ3n) is 4.10. The van der Waals surface area contributed by atoms with Crippen LogP contribution in [0.15, 0.2) is 24.3 Å². The highest BCUT2D eigenvalue weighted by atomic mass is 16.5. The van der Waals surface area contributed by atoms with Crippen LogP contribution in [0.5, 0.6) is 0 Å². The van der Waals surface area contributed by atoms with E-state index in [1.807, 2.05) is 25.1 Å². The smallest absolute Gasteiger partial charge is 0.313 e. The summed E-state index contributed by atoms with van der Waals surface area (Å²) in [6.45, 7) is 7.63. The molecule has 1 fully saturated rings. The number of carboxylic acid groups (broad SMARTS) is 1. The van der Waals surface area contributed by atoms with Crippen molar-refractivity contribution in [1.82, 2.24) is 4.90 Å². The van der Waals surface area contributed by atoms with E-state index in [2.05, 4.69) is 0 Å². The van der Waals surface area contributed by atoms with E-state index in [0.29, 0.717) is 26.3 Å². The summed E-state index contributed by atoms with van der Waals surface area (Å²) in [5.41, 5.74) is 1.55. The summed E-state index contributed by atoms with van der Waals surface area (Å²) in [7, 11) is 0. The second-order valence-corrected chi connectivity index (χ2v) is 6.33. The molecule has 0 radical (unpaired) electrons. The van der Waals surface area contributed by atoms with E-state index in [4.69, 9.17) is 4.74 Å². The fourth-order valence-electron chi connectivity index (χ4n) is 2.45. The Bertz CT molecular complexity index is 628. The fraction of sp³-hybridized carbons (Fsp3) is 0.444. The third kappa shape index (κ3) is 4.20. The number of aliphatic carboxylic acids is 1. The van der Waals surface area contributed by atoms with Crippen molar-refractivity contribution >= 4 is 18.0 Å². The van der Waals surface area contributed by atoms with E-state index in [-0.39, 0.29) is 5.91 Å². The molecule has 0 aromatic heterocycles. The SMILES string of the molecule is Cc1cc(C=CC(=O)N2CCOCC2)cc(C(C)(C)C(=O)O)c1. The van der Waals surface area contributed by atoms with Gasteiger partial charge in [-0.1, -0.05) is 23.8 Å². The number of morpholine rings is 1. The first-order valence-electron chi connectivity index (χ1n) is 7.71. The van der Waals surface area contributed by atoms with Crippen molar-refractivity contribution in [2.45, 2.75) is 26.2 Å². The summed E-state index contributed by atoms with van der Waals surface area (Å²) in [5, 5.41) is 9.37. The number of rotatable bonds is 4. The molecule has 124 valence electrons. The second-order valence-electron chi connectivity index (χ2n) is 6.33. The van der Waals surface area contributed by atoms with E-state index >= 15 is 0 Å². The minimum absolute atomic E-state index is 0.0474. The van der Waals surface area contributed by atoms with Gasteiger partial charge in [-0.25, -0.2) is 0 Å². The van der Waals surface area contributed by atoms with Crippen LogP contribution in [0.1, 0.15) is 30.5 Å². The Hall–Kier alpha value is -2.14. The van der Waals surface area contributed by atoms with Crippen molar-refractivity contribution in [2.24, 2.45) is 0 Å². The summed E-state index contributed by atoms with van der Waals surface area (Å²) >= 11 is 0. The zero-order valence-electron chi connectivity index (χ0n) is 13.8. The first kappa shape index (κ1) is 17.2. The van der Waals surface area contributed by atoms with Gasteiger partial charge in [0.1, 0.15) is 0 Å². The van der Waals surface area contributed by atoms with Gasteiger partial charge in [0.15, 0.2) is 0 Å². The molecule has 0 spiro atoms. The zero-order valence-corrected chi connectivity index (χ0v) is 13.8. The lowest BCUT2D eigenvalue weighted by Crippen LogP contribution is -2.39. The first-order valence-corrected chi connectivity index (χ1v) is 7.71. The van der Waals surface area contributed by atoms with Gasteiger partial charge in [-0.3, -0.25) is 9.59 Å². The quantitative estimate of drug-likeness (QED) is 0.865. The molecule has 1 saturated heterocycles. The van der Waals surface area contributed by atoms with Crippen LogP contribution in [0, 0.1) is 6.92 Å². The Balaban J connectivity index is 2.19. The Labute approximate surface area is 136 Å². The molecular weight excluding hydrogens is 294 g/mol. The number of carbonyl (C=O) groups excluding carboxylic acids is 1. The summed E-state index contributed by atoms with van der Waals surface area (Å²) in [6, 6.07) is 5.63. The van der Waals surface area contributed by atoms with Crippen LogP contribution < -0.4 is 0 Å². The summed E-state index contributed by atoms with van der Waals surface area (Å²) in [4.78, 5) is 25.3. The van der Waals surface area contributed by atoms with Gasteiger partial charge in [-0.2, -0.15) is 0 Å². The predicted octanol–water partition coefficient (Wildman–Crippen LogP) is 2.23. The number of carboxylic acids is 1. The van der Waals surface area contributed by atoms with Crippen molar-refractivity contribution < 1.29 is 19.4 Å². The minimum atomic E-state index is -0.969. The Morgan fingerprint density at radius 2 is 1.87 bits per heavy atom. The molecule has 2 rings (SSSR count). The van der Waals surface area contributed by atoms with Crippen LogP contribution in [0.3, 0.4) is 0 Å². The molecule has 1 amide bonds. The molecule has 0 saturated carbocycles. The van der Waals surface area contributed by atoms with E-state index in [0.717, 1.165) is 16.7 Å². The lowest BCUT2D eigenvalue weighted by atomic mass is 9.83. The molecule has 5 nitrogen and oxygen atoms in total. The van der Waals surface area contributed by atoms with Crippen molar-refractivity contribution in [3.05, 3.63) is 41.0 Å². The molecule has 1 aliphatic rings. The van der Waals surface area contributed by atoms with Crippen LogP contribution in [0.25, 0.3) is 6.08 Å². The van der Waals surface area contributed by atoms with Crippen LogP contribution in [-0.2, 0) is 19.7 Å². The van der Waals surface area contributed by atoms with Crippen molar-refractivity contribution in [2.75, 3.05) is 26.3 Å². The highest BCUT2D eigenvalue weighted by molar-refractivity contribution is 5.92. The number of nitrogens with zero attached hydrogens (tertiary/aromatic N) is 1. The van der Waals surface area contributed by atoms with Gasteiger partial charge in [0, 0.05) is 19.2 Å². The van der Waals surface area contributed by atoms with Gasteiger partial charge in [-0.15, -0.1) is 0 Å². The molecule has 0 atom stereocenters. The lowest BCUT2D eigenvalue weighted by molar-refractivity contribution is -0.142. The normalized spacial score (nSPS) is 15.9. The molecule has 1 aliphatic heterocycles. The number of carbonyl (C=O) groups is 2. The van der Waals surface area contributed by atoms with Gasteiger partial charge in [0.05, 0.1) is 18.6 Å². The van der Waals surface area contributed by atoms with Crippen LogP contribution >= 0.6 is 0 Å². The first-order chi connectivity index (χ1) is 10.8. The standard InChI is InChI=1S/C18H23NO4/c1-13-10-14(12-15(11-13)18(2,3)17(21)22)4-5-16(20)19-6-8-23-9-7-19/h4-5,10-12H,6-9H2,1-3H3,(H,21,22). The Kier molecular flexibility index (Phi) is 5.21. The molecule has 0 aliphatic carbocycles. The van der Waals surface area contributed by atoms with Gasteiger partial charge < -0.3 is 14.7 Å². The van der Waals surface area contributed by atoms with Crippen molar-refractivity contribution in [3.8, 4) is 0 Å². The summed E-state index contributed by atoms with van der Waals surface area (Å²) < 4.78 is 5.23. The van der Waals surface area contributed by atoms with Gasteiger partial charge in [0.25, 0.3) is 0 Å². The number of aryl methyl sites for hydroxylation is 1. The molecular formula is C18H23NO4. The zero-order chi connectivity index (χ0) is 17.0. The Morgan fingerprint density at radius 3 is 2.48 bits per heavy atom. The van der Waals surface area contributed by atoms with Gasteiger partial charge in [0.2, 0.25) is 5.91 Å². The monoisotopic (exact) mass is 317 g/mol. The average molecular weight is 317 g/mol. The maximum Gasteiger partial charge on any atom is 0.313 e. The maximum absolute atomic E-state index is 12.1.